The molecular formula is C14H21N3O2. The summed E-state index contributed by atoms with van der Waals surface area (Å²) in [5.74, 6) is 0. The van der Waals surface area contributed by atoms with Crippen LogP contribution >= 0.6 is 0 Å². The third kappa shape index (κ3) is 3.44. The Labute approximate surface area is 113 Å². The maximum absolute atomic E-state index is 10.7. The van der Waals surface area contributed by atoms with E-state index >= 15 is 0 Å². The van der Waals surface area contributed by atoms with E-state index in [1.54, 1.807) is 12.1 Å². The molecule has 1 heterocycles. The third-order valence-corrected chi connectivity index (χ3v) is 3.57. The predicted molar refractivity (Wildman–Crippen MR) is 76.6 cm³/mol. The molecule has 1 saturated heterocycles. The topological polar surface area (TPSA) is 58.4 Å². The molecule has 104 valence electrons. The zero-order valence-electron chi connectivity index (χ0n) is 11.3. The quantitative estimate of drug-likeness (QED) is 0.655. The maximum atomic E-state index is 10.7. The molecule has 1 atom stereocenters. The molecule has 1 aromatic carbocycles. The highest BCUT2D eigenvalue weighted by Crippen LogP contribution is 2.23. The van der Waals surface area contributed by atoms with Crippen LogP contribution < -0.4 is 10.2 Å². The van der Waals surface area contributed by atoms with Crippen molar-refractivity contribution < 1.29 is 4.92 Å². The fourth-order valence-electron chi connectivity index (χ4n) is 2.63. The van der Waals surface area contributed by atoms with E-state index in [4.69, 9.17) is 0 Å². The minimum Gasteiger partial charge on any atom is -0.367 e. The van der Waals surface area contributed by atoms with Gasteiger partial charge >= 0.3 is 0 Å². The van der Waals surface area contributed by atoms with Crippen LogP contribution in [0.4, 0.5) is 11.4 Å². The third-order valence-electron chi connectivity index (χ3n) is 3.57. The number of non-ortho nitro benzene ring substituents is 1. The summed E-state index contributed by atoms with van der Waals surface area (Å²) in [6.45, 7) is 5.24. The van der Waals surface area contributed by atoms with Crippen LogP contribution in [-0.4, -0.2) is 30.6 Å². The van der Waals surface area contributed by atoms with Gasteiger partial charge in [0.1, 0.15) is 0 Å². The van der Waals surface area contributed by atoms with Crippen molar-refractivity contribution in [2.24, 2.45) is 0 Å². The number of nitrogens with one attached hydrogen (secondary N) is 1. The molecule has 0 spiro atoms. The van der Waals surface area contributed by atoms with Crippen molar-refractivity contribution in [1.29, 1.82) is 0 Å². The number of piperidine rings is 1. The lowest BCUT2D eigenvalue weighted by molar-refractivity contribution is -0.384. The van der Waals surface area contributed by atoms with Crippen LogP contribution in [0.3, 0.4) is 0 Å². The highest BCUT2D eigenvalue weighted by molar-refractivity contribution is 5.51. The molecule has 0 aliphatic carbocycles. The van der Waals surface area contributed by atoms with Gasteiger partial charge in [0.25, 0.3) is 5.69 Å². The number of hydrogen-bond acceptors (Lipinski definition) is 4. The van der Waals surface area contributed by atoms with E-state index in [1.165, 1.54) is 12.8 Å². The van der Waals surface area contributed by atoms with Crippen LogP contribution in [0.1, 0.15) is 26.2 Å². The van der Waals surface area contributed by atoms with Gasteiger partial charge in [0.15, 0.2) is 0 Å². The predicted octanol–water partition coefficient (Wildman–Crippen LogP) is 2.56. The summed E-state index contributed by atoms with van der Waals surface area (Å²) in [7, 11) is 0. The average molecular weight is 263 g/mol. The number of nitro benzene ring substituents is 1. The number of hydrogen-bond donors (Lipinski definition) is 1. The number of nitro groups is 1. The highest BCUT2D eigenvalue weighted by Gasteiger charge is 2.21. The average Bonchev–Trinajstić information content (AvgIpc) is 2.46. The largest absolute Gasteiger partial charge is 0.367 e. The fourth-order valence-corrected chi connectivity index (χ4v) is 2.63. The monoisotopic (exact) mass is 263 g/mol. The lowest BCUT2D eigenvalue weighted by Crippen LogP contribution is -2.46. The van der Waals surface area contributed by atoms with E-state index in [0.29, 0.717) is 6.04 Å². The van der Waals surface area contributed by atoms with Gasteiger partial charge in [-0.05, 0) is 37.9 Å². The van der Waals surface area contributed by atoms with Gasteiger partial charge in [-0.1, -0.05) is 6.92 Å². The van der Waals surface area contributed by atoms with E-state index in [-0.39, 0.29) is 10.6 Å². The summed E-state index contributed by atoms with van der Waals surface area (Å²) < 4.78 is 0. The second kappa shape index (κ2) is 6.52. The Morgan fingerprint density at radius 3 is 2.68 bits per heavy atom. The van der Waals surface area contributed by atoms with Crippen LogP contribution in [0.25, 0.3) is 0 Å². The Hall–Kier alpha value is -1.62. The van der Waals surface area contributed by atoms with Crippen molar-refractivity contribution in [3.05, 3.63) is 34.4 Å². The summed E-state index contributed by atoms with van der Waals surface area (Å²) >= 11 is 0. The first kappa shape index (κ1) is 13.8. The zero-order valence-corrected chi connectivity index (χ0v) is 11.3. The minimum atomic E-state index is -0.351. The lowest BCUT2D eigenvalue weighted by Gasteiger charge is -2.36. The van der Waals surface area contributed by atoms with Crippen LogP contribution in [0.2, 0.25) is 0 Å². The van der Waals surface area contributed by atoms with Gasteiger partial charge in [-0.25, -0.2) is 0 Å². The lowest BCUT2D eigenvalue weighted by atomic mass is 10.0. The summed E-state index contributed by atoms with van der Waals surface area (Å²) in [6.07, 6.45) is 3.45. The number of anilines is 1. The Balaban J connectivity index is 2.15. The summed E-state index contributed by atoms with van der Waals surface area (Å²) in [5.41, 5.74) is 1.24. The molecule has 1 aromatic rings. The second-order valence-corrected chi connectivity index (χ2v) is 4.97. The van der Waals surface area contributed by atoms with Crippen LogP contribution in [0.5, 0.6) is 0 Å². The molecular weight excluding hydrogens is 242 g/mol. The molecule has 1 N–H and O–H groups in total. The molecule has 0 saturated carbocycles. The van der Waals surface area contributed by atoms with Crippen molar-refractivity contribution in [2.75, 3.05) is 24.5 Å². The molecule has 1 aliphatic heterocycles. The van der Waals surface area contributed by atoms with Crippen LogP contribution in [-0.2, 0) is 0 Å². The zero-order chi connectivity index (χ0) is 13.7. The van der Waals surface area contributed by atoms with Gasteiger partial charge < -0.3 is 10.2 Å². The first-order chi connectivity index (χ1) is 9.22. The van der Waals surface area contributed by atoms with Gasteiger partial charge in [0.05, 0.1) is 4.92 Å². The number of nitrogens with zero attached hydrogens (tertiary/aromatic N) is 2. The Morgan fingerprint density at radius 1 is 1.42 bits per heavy atom. The first-order valence-corrected chi connectivity index (χ1v) is 6.94. The minimum absolute atomic E-state index is 0.155. The molecule has 1 aliphatic rings. The van der Waals surface area contributed by atoms with E-state index in [2.05, 4.69) is 17.1 Å². The summed E-state index contributed by atoms with van der Waals surface area (Å²) in [4.78, 5) is 12.7. The van der Waals surface area contributed by atoms with Gasteiger partial charge in [-0.2, -0.15) is 0 Å². The van der Waals surface area contributed by atoms with Gasteiger partial charge in [-0.3, -0.25) is 10.1 Å². The SMILES string of the molecule is CCCN(c1ccc([N+](=O)[O-])cc1)C1CCCNC1. The van der Waals surface area contributed by atoms with Crippen molar-refractivity contribution in [3.8, 4) is 0 Å². The van der Waals surface area contributed by atoms with Gasteiger partial charge in [0, 0.05) is 37.0 Å². The maximum Gasteiger partial charge on any atom is 0.269 e. The van der Waals surface area contributed by atoms with Gasteiger partial charge in [-0.15, -0.1) is 0 Å². The molecule has 5 nitrogen and oxygen atoms in total. The number of rotatable bonds is 5. The molecule has 19 heavy (non-hydrogen) atoms. The normalized spacial score (nSPS) is 19.1. The highest BCUT2D eigenvalue weighted by atomic mass is 16.6. The molecule has 1 unspecified atom stereocenters. The molecule has 5 heteroatoms. The van der Waals surface area contributed by atoms with E-state index in [1.807, 2.05) is 12.1 Å². The van der Waals surface area contributed by atoms with Crippen molar-refractivity contribution in [3.63, 3.8) is 0 Å². The van der Waals surface area contributed by atoms with Gasteiger partial charge in [0.2, 0.25) is 0 Å². The van der Waals surface area contributed by atoms with Crippen molar-refractivity contribution in [1.82, 2.24) is 5.32 Å². The molecule has 0 radical (unpaired) electrons. The molecule has 0 amide bonds. The smallest absolute Gasteiger partial charge is 0.269 e. The fraction of sp³-hybridized carbons (Fsp3) is 0.571. The molecule has 1 fully saturated rings. The van der Waals surface area contributed by atoms with Crippen molar-refractivity contribution in [2.45, 2.75) is 32.2 Å². The van der Waals surface area contributed by atoms with E-state index in [0.717, 1.165) is 31.7 Å². The summed E-state index contributed by atoms with van der Waals surface area (Å²) in [5, 5.41) is 14.1. The molecule has 0 bridgehead atoms. The van der Waals surface area contributed by atoms with E-state index in [9.17, 15) is 10.1 Å². The standard InChI is InChI=1S/C14H21N3O2/c1-2-10-16(14-4-3-9-15-11-14)12-5-7-13(8-6-12)17(18)19/h5-8,14-15H,2-4,9-11H2,1H3. The van der Waals surface area contributed by atoms with E-state index < -0.39 is 0 Å². The van der Waals surface area contributed by atoms with Crippen LogP contribution in [0.15, 0.2) is 24.3 Å². The second-order valence-electron chi connectivity index (χ2n) is 4.97. The molecule has 2 rings (SSSR count). The Bertz CT molecular complexity index is 413. The molecule has 0 aromatic heterocycles. The van der Waals surface area contributed by atoms with Crippen LogP contribution in [0, 0.1) is 10.1 Å². The number of benzene rings is 1. The first-order valence-electron chi connectivity index (χ1n) is 6.94. The Kier molecular flexibility index (Phi) is 4.74. The Morgan fingerprint density at radius 2 is 2.16 bits per heavy atom. The van der Waals surface area contributed by atoms with Crippen molar-refractivity contribution >= 4 is 11.4 Å². The summed E-state index contributed by atoms with van der Waals surface area (Å²) in [6, 6.07) is 7.41.